The van der Waals surface area contributed by atoms with Gasteiger partial charge in [0.25, 0.3) is 5.91 Å². The first-order chi connectivity index (χ1) is 19.3. The molecule has 3 aromatic rings. The first kappa shape index (κ1) is 25.9. The largest absolute Gasteiger partial charge is 0.324 e. The topological polar surface area (TPSA) is 52.7 Å². The maximum atomic E-state index is 15.2. The first-order valence-corrected chi connectivity index (χ1v) is 14.7. The number of anilines is 1. The first-order valence-electron chi connectivity index (χ1n) is 13.2. The molecule has 4 atom stereocenters. The fourth-order valence-electron chi connectivity index (χ4n) is 7.65. The smallest absolute Gasteiger partial charge is 0.250 e. The van der Waals surface area contributed by atoms with Crippen molar-refractivity contribution < 1.29 is 18.4 Å². The lowest BCUT2D eigenvalue weighted by atomic mass is 9.55. The van der Waals surface area contributed by atoms with Crippen LogP contribution in [0, 0.1) is 17.0 Å². The maximum absolute atomic E-state index is 15.2. The average Bonchev–Trinajstić information content (AvgIpc) is 3.57. The molecule has 2 spiro atoms. The third-order valence-electron chi connectivity index (χ3n) is 8.96. The summed E-state index contributed by atoms with van der Waals surface area (Å²) in [6, 6.07) is 17.6. The number of benzene rings is 3. The molecule has 4 aliphatic heterocycles. The van der Waals surface area contributed by atoms with Crippen LogP contribution < -0.4 is 5.32 Å². The number of amides is 1. The van der Waals surface area contributed by atoms with Gasteiger partial charge >= 0.3 is 0 Å². The van der Waals surface area contributed by atoms with E-state index in [-0.39, 0.29) is 29.4 Å². The molecule has 0 saturated carbocycles. The number of halogens is 3. The van der Waals surface area contributed by atoms with E-state index in [0.717, 1.165) is 11.3 Å². The van der Waals surface area contributed by atoms with Crippen molar-refractivity contribution in [2.24, 2.45) is 5.41 Å². The molecule has 3 aromatic carbocycles. The minimum Gasteiger partial charge on any atom is -0.324 e. The summed E-state index contributed by atoms with van der Waals surface area (Å²) >= 11 is 8.27. The van der Waals surface area contributed by atoms with Crippen molar-refractivity contribution in [1.29, 1.82) is 0 Å². The number of nitrogens with one attached hydrogen (secondary N) is 1. The van der Waals surface area contributed by atoms with Gasteiger partial charge in [-0.2, -0.15) is 0 Å². The quantitative estimate of drug-likeness (QED) is 0.406. The number of rotatable bonds is 2. The summed E-state index contributed by atoms with van der Waals surface area (Å²) in [6.45, 7) is 0.708. The van der Waals surface area contributed by atoms with Crippen molar-refractivity contribution in [2.45, 2.75) is 17.5 Å². The van der Waals surface area contributed by atoms with Crippen molar-refractivity contribution in [3.63, 3.8) is 0 Å². The van der Waals surface area contributed by atoms with Gasteiger partial charge in [-0.15, -0.1) is 11.8 Å². The molecular weight excluding hydrogens is 552 g/mol. The zero-order valence-corrected chi connectivity index (χ0v) is 23.2. The Labute approximate surface area is 240 Å². The number of hydrogen-bond acceptors (Lipinski definition) is 5. The van der Waals surface area contributed by atoms with Gasteiger partial charge in [0, 0.05) is 58.5 Å². The maximum Gasteiger partial charge on any atom is 0.250 e. The van der Waals surface area contributed by atoms with Crippen LogP contribution in [-0.4, -0.2) is 59.3 Å². The van der Waals surface area contributed by atoms with E-state index < -0.39 is 16.9 Å². The standard InChI is InChI=1S/C31H26ClF2N3O2S/c1-36-14-20(12-18-2-7-22(33)8-3-18)28(38)30(16-36)27(19-4-9-23(34)10-5-19)26-15-40-17-37(26)31(30)24-13-21(32)6-11-25(24)35-29(31)39/h2-13,26-27H,14-17H2,1H3,(H,35,39)/b20-12+/t26-,27-,30-,31-/m0/s1. The fraction of sp³-hybridized carbons (Fsp3) is 0.290. The molecule has 204 valence electrons. The Morgan fingerprint density at radius 2 is 1.73 bits per heavy atom. The summed E-state index contributed by atoms with van der Waals surface area (Å²) in [6.07, 6.45) is 1.80. The van der Waals surface area contributed by atoms with Crippen molar-refractivity contribution in [3.05, 3.63) is 106 Å². The summed E-state index contributed by atoms with van der Waals surface area (Å²) in [5.74, 6) is -0.182. The predicted molar refractivity (Wildman–Crippen MR) is 153 cm³/mol. The van der Waals surface area contributed by atoms with E-state index >= 15 is 4.79 Å². The minimum absolute atomic E-state index is 0.119. The summed E-state index contributed by atoms with van der Waals surface area (Å²) in [4.78, 5) is 33.9. The van der Waals surface area contributed by atoms with E-state index in [0.29, 0.717) is 46.4 Å². The van der Waals surface area contributed by atoms with E-state index in [2.05, 4.69) is 15.1 Å². The fourth-order valence-corrected chi connectivity index (χ4v) is 9.12. The molecule has 7 rings (SSSR count). The van der Waals surface area contributed by atoms with Crippen molar-refractivity contribution in [1.82, 2.24) is 9.80 Å². The number of hydrogen-bond donors (Lipinski definition) is 1. The second-order valence-electron chi connectivity index (χ2n) is 11.1. The molecule has 0 unspecified atom stereocenters. The number of nitrogens with zero attached hydrogens (tertiary/aromatic N) is 2. The molecule has 1 N–H and O–H groups in total. The lowest BCUT2D eigenvalue weighted by molar-refractivity contribution is -0.146. The Bertz CT molecular complexity index is 1580. The second kappa shape index (κ2) is 9.24. The monoisotopic (exact) mass is 577 g/mol. The molecule has 0 radical (unpaired) electrons. The normalized spacial score (nSPS) is 30.9. The minimum atomic E-state index is -1.33. The zero-order chi connectivity index (χ0) is 27.8. The lowest BCUT2D eigenvalue weighted by Gasteiger charge is -2.51. The highest BCUT2D eigenvalue weighted by molar-refractivity contribution is 7.99. The summed E-state index contributed by atoms with van der Waals surface area (Å²) in [5.41, 5.74) is 0.855. The van der Waals surface area contributed by atoms with Crippen molar-refractivity contribution >= 4 is 46.8 Å². The molecular formula is C31H26ClF2N3O2S. The summed E-state index contributed by atoms with van der Waals surface area (Å²) in [5, 5.41) is 3.57. The van der Waals surface area contributed by atoms with Crippen LogP contribution in [0.3, 0.4) is 0 Å². The molecule has 3 saturated heterocycles. The molecule has 9 heteroatoms. The Morgan fingerprint density at radius 1 is 1.02 bits per heavy atom. The molecule has 4 heterocycles. The van der Waals surface area contributed by atoms with Gasteiger partial charge in [0.2, 0.25) is 0 Å². The average molecular weight is 578 g/mol. The number of piperidine rings is 1. The van der Waals surface area contributed by atoms with Crippen molar-refractivity contribution in [3.8, 4) is 0 Å². The van der Waals surface area contributed by atoms with Gasteiger partial charge in [-0.25, -0.2) is 8.78 Å². The molecule has 0 bridgehead atoms. The number of Topliss-reactive ketones (excluding diaryl/α,β-unsaturated/α-hetero) is 1. The van der Waals surface area contributed by atoms with Crippen LogP contribution in [0.4, 0.5) is 14.5 Å². The molecule has 1 amide bonds. The zero-order valence-electron chi connectivity index (χ0n) is 21.7. The van der Waals surface area contributed by atoms with E-state index in [1.165, 1.54) is 24.3 Å². The molecule has 4 aliphatic rings. The van der Waals surface area contributed by atoms with Gasteiger partial charge in [0.05, 0.1) is 5.41 Å². The Hall–Kier alpha value is -3.04. The van der Waals surface area contributed by atoms with Crippen molar-refractivity contribution in [2.75, 3.05) is 37.1 Å². The van der Waals surface area contributed by atoms with E-state index in [1.807, 2.05) is 13.1 Å². The Morgan fingerprint density at radius 3 is 2.45 bits per heavy atom. The number of likely N-dealkylation sites (N-methyl/N-ethyl adjacent to an activating group) is 1. The van der Waals surface area contributed by atoms with E-state index in [1.54, 1.807) is 54.2 Å². The van der Waals surface area contributed by atoms with Crippen LogP contribution in [0.15, 0.2) is 72.3 Å². The molecule has 3 fully saturated rings. The number of fused-ring (bicyclic) bond motifs is 5. The van der Waals surface area contributed by atoms with Crippen LogP contribution in [0.2, 0.25) is 5.02 Å². The van der Waals surface area contributed by atoms with E-state index in [9.17, 15) is 13.6 Å². The molecule has 5 nitrogen and oxygen atoms in total. The number of carbonyl (C=O) groups excluding carboxylic acids is 2. The highest BCUT2D eigenvalue weighted by atomic mass is 35.5. The van der Waals surface area contributed by atoms with Crippen LogP contribution in [0.5, 0.6) is 0 Å². The van der Waals surface area contributed by atoms with Gasteiger partial charge < -0.3 is 10.2 Å². The van der Waals surface area contributed by atoms with Crippen LogP contribution >= 0.6 is 23.4 Å². The van der Waals surface area contributed by atoms with Gasteiger partial charge in [-0.1, -0.05) is 35.9 Å². The van der Waals surface area contributed by atoms with Gasteiger partial charge in [0.1, 0.15) is 17.2 Å². The Kier molecular flexibility index (Phi) is 5.98. The van der Waals surface area contributed by atoms with Gasteiger partial charge in [-0.3, -0.25) is 14.5 Å². The molecule has 0 aliphatic carbocycles. The lowest BCUT2D eigenvalue weighted by Crippen LogP contribution is -2.65. The number of thioether (sulfide) groups is 1. The van der Waals surface area contributed by atoms with Gasteiger partial charge in [0.15, 0.2) is 5.78 Å². The number of likely N-dealkylation sites (tertiary alicyclic amines) is 1. The van der Waals surface area contributed by atoms with Crippen LogP contribution in [0.1, 0.15) is 22.6 Å². The molecule has 0 aromatic heterocycles. The third-order valence-corrected chi connectivity index (χ3v) is 10.2. The highest BCUT2D eigenvalue weighted by Gasteiger charge is 2.78. The molecule has 40 heavy (non-hydrogen) atoms. The second-order valence-corrected chi connectivity index (χ2v) is 12.6. The summed E-state index contributed by atoms with van der Waals surface area (Å²) in [7, 11) is 1.95. The third kappa shape index (κ3) is 3.46. The summed E-state index contributed by atoms with van der Waals surface area (Å²) < 4.78 is 27.8. The van der Waals surface area contributed by atoms with Crippen LogP contribution in [0.25, 0.3) is 6.08 Å². The number of ketones is 1. The number of carbonyl (C=O) groups is 2. The van der Waals surface area contributed by atoms with Crippen LogP contribution in [-0.2, 0) is 15.1 Å². The van der Waals surface area contributed by atoms with E-state index in [4.69, 9.17) is 11.6 Å². The Balaban J connectivity index is 1.53. The highest BCUT2D eigenvalue weighted by Crippen LogP contribution is 2.68. The van der Waals surface area contributed by atoms with Gasteiger partial charge in [-0.05, 0) is 66.7 Å². The predicted octanol–water partition coefficient (Wildman–Crippen LogP) is 5.52. The SMILES string of the molecule is CN1C/C(=C\c2ccc(F)cc2)C(=O)[C@]2(C1)[C@@H](c1ccc(F)cc1)[C@@H]1CSCN1[C@@]21C(=O)Nc2ccc(Cl)cc21.